The Morgan fingerprint density at radius 1 is 0.909 bits per heavy atom. The number of anilines is 1. The Morgan fingerprint density at radius 3 is 1.36 bits per heavy atom. The van der Waals surface area contributed by atoms with Crippen LogP contribution in [0.1, 0.15) is 52.9 Å². The minimum Gasteiger partial charge on any atom is -0.378 e. The number of nitrogens with zero attached hydrogens (tertiary/aromatic N) is 2. The summed E-state index contributed by atoms with van der Waals surface area (Å²) in [6, 6.07) is 4.38. The molecule has 0 spiro atoms. The van der Waals surface area contributed by atoms with Gasteiger partial charge < -0.3 is 4.90 Å². The van der Waals surface area contributed by atoms with E-state index < -0.39 is 10.2 Å². The first kappa shape index (κ1) is 21.1. The molecule has 0 radical (unpaired) electrons. The van der Waals surface area contributed by atoms with Crippen LogP contribution >= 0.6 is 0 Å². The van der Waals surface area contributed by atoms with E-state index in [1.807, 2.05) is 0 Å². The predicted molar refractivity (Wildman–Crippen MR) is 78.2 cm³/mol. The Bertz CT molecular complexity index is 448. The Morgan fingerprint density at radius 2 is 1.18 bits per heavy atom. The van der Waals surface area contributed by atoms with Crippen LogP contribution in [0, 0.1) is 10.2 Å². The number of aromatic nitrogens is 1. The molecule has 0 aliphatic heterocycles. The van der Waals surface area contributed by atoms with E-state index in [-0.39, 0.29) is 10.8 Å². The molecule has 128 valence electrons. The zero-order chi connectivity index (χ0) is 17.9. The van der Waals surface area contributed by atoms with Crippen molar-refractivity contribution in [1.82, 2.24) is 4.98 Å². The van der Waals surface area contributed by atoms with Crippen molar-refractivity contribution in [3.05, 3.63) is 23.5 Å². The molecule has 1 rings (SSSR count). The van der Waals surface area contributed by atoms with Gasteiger partial charge in [-0.1, -0.05) is 41.5 Å². The smallest absolute Gasteiger partial charge is 0.0777 e. The molecule has 6 nitrogen and oxygen atoms in total. The summed E-state index contributed by atoms with van der Waals surface area (Å²) in [7, 11) is -0.539. The zero-order valence-corrected chi connectivity index (χ0v) is 15.4. The molecule has 1 heterocycles. The van der Waals surface area contributed by atoms with E-state index in [1.54, 1.807) is 0 Å². The third kappa shape index (κ3) is 8.51. The van der Waals surface area contributed by atoms with Crippen molar-refractivity contribution in [3.63, 3.8) is 0 Å². The van der Waals surface area contributed by atoms with Gasteiger partial charge in [-0.2, -0.15) is 14.0 Å². The van der Waals surface area contributed by atoms with Crippen LogP contribution in [-0.4, -0.2) is 23.7 Å². The molecule has 1 N–H and O–H groups in total. The molecule has 7 heteroatoms. The summed E-state index contributed by atoms with van der Waals surface area (Å²) in [5, 5.41) is 0. The second-order valence-corrected chi connectivity index (χ2v) is 8.18. The third-order valence-corrected chi connectivity index (χ3v) is 2.86. The molecule has 0 atom stereocenters. The highest BCUT2D eigenvalue weighted by Gasteiger charge is 2.22. The van der Waals surface area contributed by atoms with Crippen LogP contribution in [0.15, 0.2) is 12.1 Å². The van der Waals surface area contributed by atoms with Crippen molar-refractivity contribution < 1.29 is 28.9 Å². The standard InChI is InChI=1S/C15H26N2.ClHO4/c1-14(2,3)12-9-11(17(7)8)10-13(16-12)15(4,5)6;2-1(3,4)5/h9-10H,1-8H3;(H,2,3,4,5). The van der Waals surface area contributed by atoms with E-state index in [0.717, 1.165) is 11.4 Å². The lowest BCUT2D eigenvalue weighted by Gasteiger charge is -2.26. The highest BCUT2D eigenvalue weighted by atomic mass is 35.7. The van der Waals surface area contributed by atoms with E-state index in [4.69, 9.17) is 23.6 Å². The van der Waals surface area contributed by atoms with Crippen LogP contribution < -0.4 is 18.9 Å². The second-order valence-electron chi connectivity index (χ2n) is 7.39. The maximum absolute atomic E-state index is 8.60. The summed E-state index contributed by atoms with van der Waals surface area (Å²) in [4.78, 5) is 6.98. The molecule has 0 saturated carbocycles. The van der Waals surface area contributed by atoms with E-state index in [0.29, 0.717) is 0 Å². The van der Waals surface area contributed by atoms with Crippen molar-refractivity contribution in [2.24, 2.45) is 0 Å². The van der Waals surface area contributed by atoms with E-state index >= 15 is 0 Å². The fourth-order valence-corrected chi connectivity index (χ4v) is 1.54. The summed E-state index contributed by atoms with van der Waals surface area (Å²) in [5.74, 6) is 0. The molecule has 22 heavy (non-hydrogen) atoms. The molecule has 0 aromatic carbocycles. The van der Waals surface area contributed by atoms with Crippen LogP contribution in [0.4, 0.5) is 5.69 Å². The molecule has 0 fully saturated rings. The molecule has 0 saturated heterocycles. The lowest BCUT2D eigenvalue weighted by Crippen LogP contribution is -2.58. The zero-order valence-electron chi connectivity index (χ0n) is 14.6. The van der Waals surface area contributed by atoms with Gasteiger partial charge in [-0.25, -0.2) is 0 Å². The van der Waals surface area contributed by atoms with Gasteiger partial charge >= 0.3 is 0 Å². The highest BCUT2D eigenvalue weighted by molar-refractivity contribution is 5.49. The van der Waals surface area contributed by atoms with Gasteiger partial charge in [0.05, 0.1) is 14.9 Å². The normalized spacial score (nSPS) is 12.5. The van der Waals surface area contributed by atoms with Gasteiger partial charge in [0.25, 0.3) is 0 Å². The molecule has 1 aromatic rings. The summed E-state index contributed by atoms with van der Waals surface area (Å²) in [5.41, 5.74) is 3.73. The van der Waals surface area contributed by atoms with Gasteiger partial charge in [-0.3, -0.25) is 4.98 Å². The quantitative estimate of drug-likeness (QED) is 0.750. The van der Waals surface area contributed by atoms with Crippen LogP contribution in [-0.2, 0) is 10.8 Å². The van der Waals surface area contributed by atoms with Gasteiger partial charge in [0.1, 0.15) is 0 Å². The summed E-state index contributed by atoms with van der Waals surface area (Å²) in [6.45, 7) is 13.3. The lowest BCUT2D eigenvalue weighted by molar-refractivity contribution is -1.92. The average molecular weight is 335 g/mol. The van der Waals surface area contributed by atoms with Crippen LogP contribution in [0.2, 0.25) is 0 Å². The van der Waals surface area contributed by atoms with Gasteiger partial charge in [0.15, 0.2) is 0 Å². The topological polar surface area (TPSA) is 106 Å². The van der Waals surface area contributed by atoms with Gasteiger partial charge in [-0.15, -0.1) is 0 Å². The maximum atomic E-state index is 8.60. The highest BCUT2D eigenvalue weighted by Crippen LogP contribution is 2.29. The van der Waals surface area contributed by atoms with E-state index in [9.17, 15) is 0 Å². The van der Waals surface area contributed by atoms with Crippen molar-refractivity contribution >= 4 is 5.69 Å². The van der Waals surface area contributed by atoms with Crippen molar-refractivity contribution in [2.45, 2.75) is 52.4 Å². The Hall–Kier alpha value is -0.920. The number of pyridine rings is 1. The second kappa shape index (κ2) is 7.10. The first-order valence-electron chi connectivity index (χ1n) is 6.85. The number of hydrogen-bond donors (Lipinski definition) is 1. The molecular formula is C15H27ClN2O4. The third-order valence-electron chi connectivity index (χ3n) is 2.86. The van der Waals surface area contributed by atoms with Crippen LogP contribution in [0.3, 0.4) is 0 Å². The SMILES string of the molecule is CN(C)c1cc(C(C)(C)C)nc(C(C)(C)C)c1.[O-][Cl+3]([O-])([O-])O. The average Bonchev–Trinajstić information content (AvgIpc) is 2.23. The fraction of sp³-hybridized carbons (Fsp3) is 0.667. The largest absolute Gasteiger partial charge is 0.378 e. The molecule has 0 unspecified atom stereocenters. The number of hydrogen-bond acceptors (Lipinski definition) is 6. The summed E-state index contributed by atoms with van der Waals surface area (Å²) >= 11 is 0. The number of rotatable bonds is 1. The predicted octanol–water partition coefficient (Wildman–Crippen LogP) is -0.381. The van der Waals surface area contributed by atoms with Crippen molar-refractivity contribution in [2.75, 3.05) is 19.0 Å². The van der Waals surface area contributed by atoms with Gasteiger partial charge in [0, 0.05) is 42.0 Å². The van der Waals surface area contributed by atoms with Crippen LogP contribution in [0.25, 0.3) is 0 Å². The van der Waals surface area contributed by atoms with E-state index in [1.165, 1.54) is 5.69 Å². The summed E-state index contributed by atoms with van der Waals surface area (Å²) < 4.78 is 32.7. The molecule has 0 aliphatic carbocycles. The minimum atomic E-state index is -4.69. The maximum Gasteiger partial charge on any atom is 0.0777 e. The Balaban J connectivity index is 0.000000763. The van der Waals surface area contributed by atoms with E-state index in [2.05, 4.69) is 72.7 Å². The first-order valence-corrected chi connectivity index (χ1v) is 8.12. The van der Waals surface area contributed by atoms with Gasteiger partial charge in [0.2, 0.25) is 0 Å². The van der Waals surface area contributed by atoms with Crippen molar-refractivity contribution in [3.8, 4) is 0 Å². The fourth-order valence-electron chi connectivity index (χ4n) is 1.54. The molecular weight excluding hydrogens is 308 g/mol. The van der Waals surface area contributed by atoms with Crippen molar-refractivity contribution in [1.29, 1.82) is 0 Å². The monoisotopic (exact) mass is 334 g/mol. The van der Waals surface area contributed by atoms with Gasteiger partial charge in [-0.05, 0) is 12.1 Å². The summed E-state index contributed by atoms with van der Waals surface area (Å²) in [6.07, 6.45) is 0. The molecule has 0 aliphatic rings. The molecule has 0 amide bonds. The first-order chi connectivity index (χ1) is 9.51. The minimum absolute atomic E-state index is 0.0893. The Kier molecular flexibility index (Phi) is 6.81. The number of halogens is 1. The molecule has 1 aromatic heterocycles. The van der Waals surface area contributed by atoms with Crippen LogP contribution in [0.5, 0.6) is 0 Å². The Labute approximate surface area is 135 Å². The lowest BCUT2D eigenvalue weighted by atomic mass is 9.87. The molecule has 0 bridgehead atoms.